The van der Waals surface area contributed by atoms with Crippen LogP contribution in [0.5, 0.6) is 5.75 Å². The van der Waals surface area contributed by atoms with Crippen LogP contribution in [-0.2, 0) is 17.9 Å². The summed E-state index contributed by atoms with van der Waals surface area (Å²) < 4.78 is 20.8. The Labute approximate surface area is 183 Å². The van der Waals surface area contributed by atoms with E-state index < -0.39 is 0 Å². The summed E-state index contributed by atoms with van der Waals surface area (Å²) in [6.45, 7) is 4.90. The van der Waals surface area contributed by atoms with Gasteiger partial charge in [0.15, 0.2) is 17.1 Å². The Kier molecular flexibility index (Phi) is 7.70. The fraction of sp³-hybridized carbons (Fsp3) is 0.286. The molecule has 9 heteroatoms. The average molecular weight is 449 g/mol. The molecule has 0 spiro atoms. The molecule has 0 aliphatic rings. The number of thioether (sulfide) groups is 1. The molecule has 0 aliphatic carbocycles. The van der Waals surface area contributed by atoms with Gasteiger partial charge in [0.2, 0.25) is 5.91 Å². The number of hydrogen-bond donors (Lipinski definition) is 1. The van der Waals surface area contributed by atoms with Gasteiger partial charge in [-0.05, 0) is 55.8 Å². The van der Waals surface area contributed by atoms with Crippen LogP contribution in [0.1, 0.15) is 31.3 Å². The van der Waals surface area contributed by atoms with Crippen molar-refractivity contribution >= 4 is 29.3 Å². The Morgan fingerprint density at radius 3 is 2.57 bits per heavy atom. The number of amides is 1. The van der Waals surface area contributed by atoms with E-state index in [1.807, 2.05) is 30.5 Å². The summed E-state index contributed by atoms with van der Waals surface area (Å²) >= 11 is 7.18. The van der Waals surface area contributed by atoms with Crippen molar-refractivity contribution in [3.05, 3.63) is 70.8 Å². The van der Waals surface area contributed by atoms with Gasteiger partial charge in [-0.2, -0.15) is 0 Å². The van der Waals surface area contributed by atoms with Crippen LogP contribution < -0.4 is 10.1 Å². The van der Waals surface area contributed by atoms with Gasteiger partial charge in [0.25, 0.3) is 0 Å². The summed E-state index contributed by atoms with van der Waals surface area (Å²) in [4.78, 5) is 12.2. The van der Waals surface area contributed by atoms with E-state index in [1.165, 1.54) is 23.9 Å². The first kappa shape index (κ1) is 22.1. The van der Waals surface area contributed by atoms with Crippen molar-refractivity contribution in [2.45, 2.75) is 38.2 Å². The molecule has 0 radical (unpaired) electrons. The lowest BCUT2D eigenvalue weighted by atomic mass is 10.2. The Morgan fingerprint density at radius 1 is 1.20 bits per heavy atom. The molecule has 1 heterocycles. The van der Waals surface area contributed by atoms with Crippen LogP contribution in [0.3, 0.4) is 0 Å². The van der Waals surface area contributed by atoms with Crippen molar-refractivity contribution in [2.75, 3.05) is 5.75 Å². The van der Waals surface area contributed by atoms with Gasteiger partial charge in [-0.1, -0.05) is 35.5 Å². The second-order valence-corrected chi connectivity index (χ2v) is 7.87. The second-order valence-electron chi connectivity index (χ2n) is 6.49. The number of carbonyl (C=O) groups is 1. The maximum absolute atomic E-state index is 13.1. The maximum Gasteiger partial charge on any atom is 0.230 e. The molecular formula is C21H22ClFN4O2S. The highest BCUT2D eigenvalue weighted by molar-refractivity contribution is 7.99. The van der Waals surface area contributed by atoms with E-state index in [2.05, 4.69) is 15.5 Å². The number of ether oxygens (including phenoxy) is 1. The summed E-state index contributed by atoms with van der Waals surface area (Å²) in [6, 6.07) is 13.2. The number of carbonyl (C=O) groups excluding carboxylic acids is 1. The largest absolute Gasteiger partial charge is 0.483 e. The summed E-state index contributed by atoms with van der Waals surface area (Å²) in [5, 5.41) is 12.6. The predicted molar refractivity (Wildman–Crippen MR) is 115 cm³/mol. The Morgan fingerprint density at radius 2 is 1.90 bits per heavy atom. The number of nitrogens with one attached hydrogen (secondary N) is 1. The van der Waals surface area contributed by atoms with Gasteiger partial charge in [0.05, 0.1) is 5.75 Å². The van der Waals surface area contributed by atoms with Crippen molar-refractivity contribution < 1.29 is 13.9 Å². The SMILES string of the molecule is CCn1c(SCC(=O)NCc2ccc(Cl)cc2)nnc1C(C)Oc1ccc(F)cc1. The molecule has 1 N–H and O–H groups in total. The Bertz CT molecular complexity index is 980. The fourth-order valence-electron chi connectivity index (χ4n) is 2.76. The highest BCUT2D eigenvalue weighted by Gasteiger charge is 2.19. The summed E-state index contributed by atoms with van der Waals surface area (Å²) in [6.07, 6.45) is -0.379. The number of halogens is 2. The first-order valence-corrected chi connectivity index (χ1v) is 10.8. The molecule has 0 fully saturated rings. The first-order valence-electron chi connectivity index (χ1n) is 9.45. The van der Waals surface area contributed by atoms with Gasteiger partial charge in [-0.3, -0.25) is 4.79 Å². The molecular weight excluding hydrogens is 427 g/mol. The molecule has 3 aromatic rings. The molecule has 30 heavy (non-hydrogen) atoms. The standard InChI is InChI=1S/C21H22ClFN4O2S/c1-3-27-20(14(2)29-18-10-8-17(23)9-11-18)25-26-21(27)30-13-19(28)24-12-15-4-6-16(22)7-5-15/h4-11,14H,3,12-13H2,1-2H3,(H,24,28). The molecule has 0 saturated carbocycles. The summed E-state index contributed by atoms with van der Waals surface area (Å²) in [5.74, 6) is 0.993. The van der Waals surface area contributed by atoms with Crippen LogP contribution in [0, 0.1) is 5.82 Å². The minimum absolute atomic E-state index is 0.0993. The van der Waals surface area contributed by atoms with Gasteiger partial charge in [0.1, 0.15) is 11.6 Å². The van der Waals surface area contributed by atoms with E-state index in [9.17, 15) is 9.18 Å². The van der Waals surface area contributed by atoms with Crippen LogP contribution in [-0.4, -0.2) is 26.4 Å². The highest BCUT2D eigenvalue weighted by Crippen LogP contribution is 2.24. The molecule has 1 unspecified atom stereocenters. The number of rotatable bonds is 9. The van der Waals surface area contributed by atoms with E-state index in [0.717, 1.165) is 5.56 Å². The van der Waals surface area contributed by atoms with Crippen molar-refractivity contribution in [1.29, 1.82) is 0 Å². The molecule has 2 aromatic carbocycles. The van der Waals surface area contributed by atoms with Crippen LogP contribution in [0.2, 0.25) is 5.02 Å². The molecule has 0 saturated heterocycles. The zero-order chi connectivity index (χ0) is 21.5. The van der Waals surface area contributed by atoms with Gasteiger partial charge < -0.3 is 14.6 Å². The number of benzene rings is 2. The van der Waals surface area contributed by atoms with E-state index in [4.69, 9.17) is 16.3 Å². The number of nitrogens with zero attached hydrogens (tertiary/aromatic N) is 3. The lowest BCUT2D eigenvalue weighted by Crippen LogP contribution is -2.24. The lowest BCUT2D eigenvalue weighted by Gasteiger charge is -2.15. The Balaban J connectivity index is 1.56. The third-order valence-electron chi connectivity index (χ3n) is 4.29. The van der Waals surface area contributed by atoms with Crippen molar-refractivity contribution in [1.82, 2.24) is 20.1 Å². The lowest BCUT2D eigenvalue weighted by molar-refractivity contribution is -0.118. The normalized spacial score (nSPS) is 11.9. The molecule has 3 rings (SSSR count). The molecule has 158 valence electrons. The van der Waals surface area contributed by atoms with Crippen molar-refractivity contribution in [3.8, 4) is 5.75 Å². The quantitative estimate of drug-likeness (QED) is 0.483. The van der Waals surface area contributed by atoms with Crippen molar-refractivity contribution in [3.63, 3.8) is 0 Å². The summed E-state index contributed by atoms with van der Waals surface area (Å²) in [7, 11) is 0. The zero-order valence-electron chi connectivity index (χ0n) is 16.6. The van der Waals surface area contributed by atoms with E-state index in [0.29, 0.717) is 34.8 Å². The monoisotopic (exact) mass is 448 g/mol. The average Bonchev–Trinajstić information content (AvgIpc) is 3.16. The second kappa shape index (κ2) is 10.4. The minimum Gasteiger partial charge on any atom is -0.483 e. The minimum atomic E-state index is -0.379. The molecule has 1 amide bonds. The molecule has 1 aromatic heterocycles. The van der Waals surface area contributed by atoms with E-state index >= 15 is 0 Å². The van der Waals surface area contributed by atoms with Crippen LogP contribution >= 0.6 is 23.4 Å². The predicted octanol–water partition coefficient (Wildman–Crippen LogP) is 4.64. The number of aromatic nitrogens is 3. The molecule has 6 nitrogen and oxygen atoms in total. The third kappa shape index (κ3) is 5.96. The van der Waals surface area contributed by atoms with Gasteiger partial charge in [-0.15, -0.1) is 10.2 Å². The molecule has 0 bridgehead atoms. The third-order valence-corrected chi connectivity index (χ3v) is 5.51. The van der Waals surface area contributed by atoms with Gasteiger partial charge in [-0.25, -0.2) is 4.39 Å². The van der Waals surface area contributed by atoms with Crippen LogP contribution in [0.25, 0.3) is 0 Å². The van der Waals surface area contributed by atoms with Crippen molar-refractivity contribution in [2.24, 2.45) is 0 Å². The Hall–Kier alpha value is -2.58. The van der Waals surface area contributed by atoms with Crippen LogP contribution in [0.4, 0.5) is 4.39 Å². The maximum atomic E-state index is 13.1. The molecule has 1 atom stereocenters. The summed E-state index contributed by atoms with van der Waals surface area (Å²) in [5.41, 5.74) is 0.975. The topological polar surface area (TPSA) is 69.0 Å². The number of hydrogen-bond acceptors (Lipinski definition) is 5. The smallest absolute Gasteiger partial charge is 0.230 e. The molecule has 0 aliphatic heterocycles. The first-order chi connectivity index (χ1) is 14.5. The van der Waals surface area contributed by atoms with Crippen LogP contribution in [0.15, 0.2) is 53.7 Å². The van der Waals surface area contributed by atoms with E-state index in [-0.39, 0.29) is 23.6 Å². The zero-order valence-corrected chi connectivity index (χ0v) is 18.2. The van der Waals surface area contributed by atoms with Gasteiger partial charge >= 0.3 is 0 Å². The fourth-order valence-corrected chi connectivity index (χ4v) is 3.72. The van der Waals surface area contributed by atoms with Gasteiger partial charge in [0, 0.05) is 18.1 Å². The van der Waals surface area contributed by atoms with E-state index in [1.54, 1.807) is 24.3 Å². The highest BCUT2D eigenvalue weighted by atomic mass is 35.5.